The molecule has 4 aromatic rings. The largest absolute Gasteiger partial charge is 0.505 e. The minimum Gasteiger partial charge on any atom is -0.505 e. The van der Waals surface area contributed by atoms with Crippen molar-refractivity contribution >= 4 is 111 Å². The van der Waals surface area contributed by atoms with Crippen LogP contribution in [0, 0.1) is 0 Å². The highest BCUT2D eigenvalue weighted by molar-refractivity contribution is 6.04. The average molecular weight is 1390 g/mol. The smallest absolute Gasteiger partial charge is 0.331 e. The number of carbonyl (C=O) groups excluding carboxylic acids is 13. The minimum atomic E-state index is -2.23. The van der Waals surface area contributed by atoms with Crippen LogP contribution in [0.25, 0.3) is 21.8 Å². The Morgan fingerprint density at radius 2 is 0.980 bits per heavy atom. The van der Waals surface area contributed by atoms with Crippen molar-refractivity contribution in [3.05, 3.63) is 59.9 Å². The second-order valence-electron chi connectivity index (χ2n) is 24.2. The van der Waals surface area contributed by atoms with Crippen LogP contribution < -0.4 is 30.7 Å². The zero-order valence-corrected chi connectivity index (χ0v) is 55.6. The van der Waals surface area contributed by atoms with Crippen LogP contribution in [0.15, 0.2) is 58.7 Å². The highest BCUT2D eigenvalue weighted by atomic mass is 16.6. The monoisotopic (exact) mass is 1380 g/mol. The molecule has 8 atom stereocenters. The van der Waals surface area contributed by atoms with E-state index in [4.69, 9.17) is 23.7 Å². The maximum atomic E-state index is 15.0. The molecule has 0 aliphatic carbocycles. The molecule has 37 heteroatoms. The van der Waals surface area contributed by atoms with E-state index in [1.165, 1.54) is 50.6 Å². The zero-order chi connectivity index (χ0) is 73.3. The Labute approximate surface area is 563 Å². The lowest BCUT2D eigenvalue weighted by molar-refractivity contribution is -0.167. The first-order valence-corrected chi connectivity index (χ1v) is 30.3. The predicted molar refractivity (Wildman–Crippen MR) is 340 cm³/mol. The molecule has 0 radical (unpaired) electrons. The number of pyridine rings is 2. The van der Waals surface area contributed by atoms with E-state index in [1.807, 2.05) is 0 Å². The normalized spacial score (nSPS) is 23.1. The maximum absolute atomic E-state index is 15.0. The molecular formula is C62H76N14O23. The number of aliphatic hydroxyl groups excluding tert-OH is 1. The quantitative estimate of drug-likeness (QED) is 0.0570. The summed E-state index contributed by atoms with van der Waals surface area (Å²) in [5, 5.41) is 75.0. The second kappa shape index (κ2) is 31.3. The number of cyclic esters (lactones) is 2. The van der Waals surface area contributed by atoms with E-state index in [-0.39, 0.29) is 23.9 Å². The van der Waals surface area contributed by atoms with Gasteiger partial charge in [-0.15, -0.1) is 0 Å². The van der Waals surface area contributed by atoms with Crippen LogP contribution in [0.3, 0.4) is 0 Å². The molecular weight excluding hydrogens is 1310 g/mol. The molecule has 2 aromatic heterocycles. The highest BCUT2D eigenvalue weighted by Gasteiger charge is 2.48. The third kappa shape index (κ3) is 17.9. The molecule has 10 amide bonds. The van der Waals surface area contributed by atoms with Gasteiger partial charge in [-0.1, -0.05) is 0 Å². The number of fused-ring (bicyclic) bond motifs is 4. The number of rotatable bonds is 9. The van der Waals surface area contributed by atoms with Gasteiger partial charge in [-0.3, -0.25) is 52.7 Å². The van der Waals surface area contributed by atoms with Gasteiger partial charge in [0.25, 0.3) is 23.6 Å². The number of hydrogen-bond donors (Lipinski definition) is 9. The van der Waals surface area contributed by atoms with Crippen molar-refractivity contribution in [2.45, 2.75) is 107 Å². The number of nitrogens with one attached hydrogen (secondary N) is 4. The Morgan fingerprint density at radius 1 is 0.586 bits per heavy atom. The minimum absolute atomic E-state index is 0.142. The van der Waals surface area contributed by atoms with Crippen LogP contribution in [0.1, 0.15) is 68.4 Å². The molecule has 532 valence electrons. The van der Waals surface area contributed by atoms with Gasteiger partial charge in [0, 0.05) is 71.2 Å². The van der Waals surface area contributed by atoms with Gasteiger partial charge in [0.15, 0.2) is 35.6 Å². The fraction of sp³-hybridized carbons (Fsp3) is 0.468. The van der Waals surface area contributed by atoms with Crippen molar-refractivity contribution in [3.63, 3.8) is 0 Å². The van der Waals surface area contributed by atoms with Gasteiger partial charge < -0.3 is 90.1 Å². The molecule has 37 nitrogen and oxygen atoms in total. The third-order valence-corrected chi connectivity index (χ3v) is 15.8. The van der Waals surface area contributed by atoms with Gasteiger partial charge in [-0.05, 0) is 76.2 Å². The SMILES string of the molecule is COc1ccc2nc(C(=O)N[C@@H]3COC(=O)[C@H](C(C)(C)O)N(C)C(=O)CN(C)C(=O)CNC(=O)[C@@H]4[C@@H](O)CC=NN4C(=O)[C@H](NC(=O)c4nc5ccc(OC)cc5cc4O)COC(=O)[C@H](C(C)(C)O)N(C)C(=O)CN(C)C(=O)CNC(=O)[C@@H]4[C@@H](OC(C)=O)CC=NN4C3=O)c(O)cc2c1. The van der Waals surface area contributed by atoms with E-state index in [1.54, 1.807) is 0 Å². The lowest BCUT2D eigenvalue weighted by Gasteiger charge is -2.37. The van der Waals surface area contributed by atoms with Crippen molar-refractivity contribution in [2.75, 3.05) is 81.8 Å². The summed E-state index contributed by atoms with van der Waals surface area (Å²) in [6, 6.07) is -1.18. The number of ether oxygens (including phenoxy) is 5. The molecule has 3 aliphatic heterocycles. The van der Waals surface area contributed by atoms with E-state index in [9.17, 15) is 83.1 Å². The molecule has 0 spiro atoms. The number of aromatic hydroxyl groups is 2. The van der Waals surface area contributed by atoms with Gasteiger partial charge in [-0.2, -0.15) is 10.2 Å². The van der Waals surface area contributed by atoms with Gasteiger partial charge in [-0.25, -0.2) is 29.6 Å². The summed E-state index contributed by atoms with van der Waals surface area (Å²) in [5.74, 6) is -16.6. The van der Waals surface area contributed by atoms with E-state index in [0.717, 1.165) is 97.2 Å². The van der Waals surface area contributed by atoms with E-state index >= 15 is 4.79 Å². The number of carbonyl (C=O) groups is 13. The van der Waals surface area contributed by atoms with Crippen LogP contribution in [-0.2, 0) is 67.0 Å². The number of hydrogen-bond acceptors (Lipinski definition) is 27. The van der Waals surface area contributed by atoms with E-state index in [0.29, 0.717) is 42.1 Å². The first kappa shape index (κ1) is 75.2. The fourth-order valence-electron chi connectivity index (χ4n) is 10.7. The summed E-state index contributed by atoms with van der Waals surface area (Å²) in [7, 11) is 7.03. The third-order valence-electron chi connectivity index (χ3n) is 15.8. The standard InChI is InChI=1S/C62H76N14O23/c1-30(77)99-42-17-19-66-76-50(42)56(88)64-25-44(82)72(7)27-46(84)74(9)51(61(2,3)93)59(91)97-28-37(69-53(85)47-40(79)22-31-20-33(95-10)12-14-35(31)67-47)57(89)75-49(39(78)16-18-65-75)55(87)63-24-43(81)71(6)26-45(83)73(8)52(62(4,5)94)60(92)98-29-38(58(76)90)70-54(86)48-41(80)23-32-21-34(96-11)13-15-36(32)68-48/h12-15,18-23,37-39,42,49-52,78-80,93-94H,16-17,24-29H2,1-11H3,(H,63,87)(H,64,88)(H,69,85)(H,70,86)/t37-,38-,39+,42+,49+,50+,51-,52-/m1/s1. The van der Waals surface area contributed by atoms with Gasteiger partial charge in [0.05, 0.1) is 68.7 Å². The van der Waals surface area contributed by atoms with Crippen molar-refractivity contribution in [1.82, 2.24) is 60.9 Å². The highest BCUT2D eigenvalue weighted by Crippen LogP contribution is 2.29. The average Bonchev–Trinajstić information content (AvgIpc) is 0.806. The number of hydrazone groups is 2. The van der Waals surface area contributed by atoms with Crippen LogP contribution in [0.4, 0.5) is 0 Å². The van der Waals surface area contributed by atoms with Crippen molar-refractivity contribution in [3.8, 4) is 23.0 Å². The van der Waals surface area contributed by atoms with Crippen molar-refractivity contribution < 1.29 is 112 Å². The molecule has 9 N–H and O–H groups in total. The van der Waals surface area contributed by atoms with Gasteiger partial charge in [0.2, 0.25) is 35.4 Å². The predicted octanol–water partition coefficient (Wildman–Crippen LogP) is -3.98. The summed E-state index contributed by atoms with van der Waals surface area (Å²) >= 11 is 0. The fourth-order valence-corrected chi connectivity index (χ4v) is 10.7. The molecule has 1 saturated heterocycles. The summed E-state index contributed by atoms with van der Waals surface area (Å²) in [5.41, 5.74) is -5.52. The van der Waals surface area contributed by atoms with Gasteiger partial charge in [0.1, 0.15) is 54.4 Å². The first-order valence-electron chi connectivity index (χ1n) is 30.3. The molecule has 2 aromatic carbocycles. The summed E-state index contributed by atoms with van der Waals surface area (Å²) in [6.45, 7) is -0.824. The topological polar surface area (TPSA) is 487 Å². The Bertz CT molecular complexity index is 3930. The maximum Gasteiger partial charge on any atom is 0.331 e. The first-order chi connectivity index (χ1) is 46.4. The number of methoxy groups -OCH3 is 2. The second-order valence-corrected chi connectivity index (χ2v) is 24.2. The summed E-state index contributed by atoms with van der Waals surface area (Å²) < 4.78 is 27.0. The Morgan fingerprint density at radius 3 is 1.37 bits per heavy atom. The molecule has 3 aliphatic rings. The number of likely N-dealkylation sites (N-methyl/N-ethyl adjacent to an activating group) is 4. The lowest BCUT2D eigenvalue weighted by Crippen LogP contribution is -2.62. The van der Waals surface area contributed by atoms with Crippen molar-refractivity contribution in [2.24, 2.45) is 10.2 Å². The summed E-state index contributed by atoms with van der Waals surface area (Å²) in [4.78, 5) is 195. The molecule has 0 saturated carbocycles. The number of benzene rings is 2. The molecule has 7 rings (SSSR count). The zero-order valence-electron chi connectivity index (χ0n) is 55.6. The van der Waals surface area contributed by atoms with Crippen molar-refractivity contribution in [1.29, 1.82) is 0 Å². The van der Waals surface area contributed by atoms with Crippen LogP contribution in [-0.4, -0.2) is 296 Å². The Hall–Kier alpha value is -11.2. The van der Waals surface area contributed by atoms with Gasteiger partial charge >= 0.3 is 17.9 Å². The number of aromatic nitrogens is 2. The van der Waals surface area contributed by atoms with Crippen LogP contribution >= 0.6 is 0 Å². The lowest BCUT2D eigenvalue weighted by atomic mass is 9.97. The Balaban J connectivity index is 1.25. The summed E-state index contributed by atoms with van der Waals surface area (Å²) in [6.07, 6.45) is -2.04. The number of nitrogens with zero attached hydrogens (tertiary/aromatic N) is 10. The molecule has 1 fully saturated rings. The Kier molecular flexibility index (Phi) is 23.8. The van der Waals surface area contributed by atoms with E-state index in [2.05, 4.69) is 41.4 Å². The molecule has 0 bridgehead atoms. The molecule has 99 heavy (non-hydrogen) atoms. The number of aliphatic hydroxyl groups is 3. The molecule has 5 heterocycles. The number of amides is 10. The number of esters is 3. The van der Waals surface area contributed by atoms with E-state index < -0.39 is 199 Å². The van der Waals surface area contributed by atoms with Crippen LogP contribution in [0.2, 0.25) is 0 Å². The van der Waals surface area contributed by atoms with Crippen LogP contribution in [0.5, 0.6) is 23.0 Å². The molecule has 0 unspecified atom stereocenters.